The Bertz CT molecular complexity index is 826. The smallest absolute Gasteiger partial charge is 0.245 e. The van der Waals surface area contributed by atoms with Gasteiger partial charge in [0, 0.05) is 37.7 Å². The van der Waals surface area contributed by atoms with Crippen LogP contribution in [-0.2, 0) is 19.5 Å². The Morgan fingerprint density at radius 3 is 2.87 bits per heavy atom. The number of nitrogens with zero attached hydrogens (tertiary/aromatic N) is 2. The van der Waals surface area contributed by atoms with Gasteiger partial charge in [-0.05, 0) is 12.1 Å². The number of fused-ring (bicyclic) bond motifs is 1. The molecule has 2 aliphatic heterocycles. The van der Waals surface area contributed by atoms with Crippen molar-refractivity contribution >= 4 is 20.9 Å². The Morgan fingerprint density at radius 2 is 2.04 bits per heavy atom. The third-order valence-corrected chi connectivity index (χ3v) is 6.37. The highest BCUT2D eigenvalue weighted by molar-refractivity contribution is 7.89. The minimum Gasteiger partial charge on any atom is -0.378 e. The maximum Gasteiger partial charge on any atom is 0.245 e. The summed E-state index contributed by atoms with van der Waals surface area (Å²) in [6.07, 6.45) is 2.35. The molecule has 23 heavy (non-hydrogen) atoms. The van der Waals surface area contributed by atoms with Gasteiger partial charge in [0.25, 0.3) is 0 Å². The predicted octanol–water partition coefficient (Wildman–Crippen LogP) is 1.41. The SMILES string of the molecule is O=S(=O)(c1cccc2cccnc12)N1CCO[C@@]2(CCOC2)C1. The Kier molecular flexibility index (Phi) is 3.60. The number of sulfonamides is 1. The molecule has 0 radical (unpaired) electrons. The number of morpholine rings is 1. The first-order valence-electron chi connectivity index (χ1n) is 7.66. The molecular formula is C16H18N2O4S. The van der Waals surface area contributed by atoms with Gasteiger partial charge >= 0.3 is 0 Å². The largest absolute Gasteiger partial charge is 0.378 e. The summed E-state index contributed by atoms with van der Waals surface area (Å²) in [4.78, 5) is 4.53. The summed E-state index contributed by atoms with van der Waals surface area (Å²) in [5.74, 6) is 0. The quantitative estimate of drug-likeness (QED) is 0.831. The Labute approximate surface area is 135 Å². The molecule has 1 spiro atoms. The Balaban J connectivity index is 1.74. The molecule has 1 aromatic heterocycles. The lowest BCUT2D eigenvalue weighted by Gasteiger charge is -2.38. The molecule has 2 fully saturated rings. The molecule has 7 heteroatoms. The topological polar surface area (TPSA) is 68.7 Å². The molecule has 1 aromatic carbocycles. The third kappa shape index (κ3) is 2.53. The molecule has 2 aliphatic rings. The number of aromatic nitrogens is 1. The second-order valence-electron chi connectivity index (χ2n) is 6.00. The van der Waals surface area contributed by atoms with Crippen LogP contribution in [-0.4, -0.2) is 56.2 Å². The lowest BCUT2D eigenvalue weighted by Crippen LogP contribution is -2.54. The van der Waals surface area contributed by atoms with E-state index < -0.39 is 15.6 Å². The van der Waals surface area contributed by atoms with Gasteiger partial charge in [-0.2, -0.15) is 4.31 Å². The highest BCUT2D eigenvalue weighted by Gasteiger charge is 2.44. The van der Waals surface area contributed by atoms with E-state index in [1.807, 2.05) is 12.1 Å². The van der Waals surface area contributed by atoms with Gasteiger partial charge in [-0.25, -0.2) is 8.42 Å². The number of rotatable bonds is 2. The number of hydrogen-bond donors (Lipinski definition) is 0. The third-order valence-electron chi connectivity index (χ3n) is 4.49. The van der Waals surface area contributed by atoms with Crippen molar-refractivity contribution in [1.82, 2.24) is 9.29 Å². The molecule has 4 rings (SSSR count). The van der Waals surface area contributed by atoms with Crippen molar-refractivity contribution in [2.45, 2.75) is 16.9 Å². The summed E-state index contributed by atoms with van der Waals surface area (Å²) >= 11 is 0. The van der Waals surface area contributed by atoms with Crippen molar-refractivity contribution in [2.24, 2.45) is 0 Å². The van der Waals surface area contributed by atoms with Crippen LogP contribution in [0.5, 0.6) is 0 Å². The highest BCUT2D eigenvalue weighted by Crippen LogP contribution is 2.31. The fourth-order valence-electron chi connectivity index (χ4n) is 3.27. The summed E-state index contributed by atoms with van der Waals surface area (Å²) in [5, 5.41) is 0.820. The van der Waals surface area contributed by atoms with E-state index in [-0.39, 0.29) is 4.90 Å². The van der Waals surface area contributed by atoms with E-state index in [0.29, 0.717) is 38.4 Å². The van der Waals surface area contributed by atoms with Crippen LogP contribution in [0.3, 0.4) is 0 Å². The highest BCUT2D eigenvalue weighted by atomic mass is 32.2. The van der Waals surface area contributed by atoms with Crippen LogP contribution in [0, 0.1) is 0 Å². The fraction of sp³-hybridized carbons (Fsp3) is 0.438. The maximum atomic E-state index is 13.1. The Morgan fingerprint density at radius 1 is 1.17 bits per heavy atom. The molecule has 0 amide bonds. The molecule has 122 valence electrons. The molecule has 0 aliphatic carbocycles. The molecule has 0 N–H and O–H groups in total. The van der Waals surface area contributed by atoms with E-state index in [1.54, 1.807) is 24.4 Å². The van der Waals surface area contributed by atoms with Crippen molar-refractivity contribution in [3.8, 4) is 0 Å². The van der Waals surface area contributed by atoms with Crippen molar-refractivity contribution in [1.29, 1.82) is 0 Å². The van der Waals surface area contributed by atoms with E-state index in [4.69, 9.17) is 9.47 Å². The standard InChI is InChI=1S/C16H18N2O4S/c19-23(20,14-5-1-3-13-4-2-7-17-15(13)14)18-8-10-22-16(11-18)6-9-21-12-16/h1-5,7H,6,8-12H2/t16-/m0/s1. The average Bonchev–Trinajstić information content (AvgIpc) is 3.02. The van der Waals surface area contributed by atoms with Gasteiger partial charge in [-0.15, -0.1) is 0 Å². The minimum atomic E-state index is -3.62. The molecule has 6 nitrogen and oxygen atoms in total. The second-order valence-corrected chi connectivity index (χ2v) is 7.91. The summed E-state index contributed by atoms with van der Waals surface area (Å²) in [7, 11) is -3.62. The van der Waals surface area contributed by atoms with Gasteiger partial charge in [-0.1, -0.05) is 18.2 Å². The maximum absolute atomic E-state index is 13.1. The van der Waals surface area contributed by atoms with Crippen LogP contribution in [0.1, 0.15) is 6.42 Å². The molecule has 0 bridgehead atoms. The predicted molar refractivity (Wildman–Crippen MR) is 84.6 cm³/mol. The summed E-state index contributed by atoms with van der Waals surface area (Å²) < 4.78 is 39.0. The zero-order chi connectivity index (χ0) is 15.9. The molecule has 2 aromatic rings. The van der Waals surface area contributed by atoms with E-state index in [9.17, 15) is 8.42 Å². The number of ether oxygens (including phenoxy) is 2. The van der Waals surface area contributed by atoms with Crippen LogP contribution in [0.25, 0.3) is 10.9 Å². The molecule has 0 saturated carbocycles. The number of para-hydroxylation sites is 1. The van der Waals surface area contributed by atoms with Crippen molar-refractivity contribution in [2.75, 3.05) is 32.9 Å². The average molecular weight is 334 g/mol. The first-order valence-corrected chi connectivity index (χ1v) is 9.10. The molecule has 3 heterocycles. The van der Waals surface area contributed by atoms with Gasteiger partial charge in [-0.3, -0.25) is 4.98 Å². The van der Waals surface area contributed by atoms with Crippen molar-refractivity contribution in [3.63, 3.8) is 0 Å². The van der Waals surface area contributed by atoms with E-state index in [2.05, 4.69) is 4.98 Å². The van der Waals surface area contributed by atoms with Gasteiger partial charge in [0.05, 0.1) is 18.7 Å². The zero-order valence-corrected chi connectivity index (χ0v) is 13.5. The van der Waals surface area contributed by atoms with Crippen LogP contribution in [0.4, 0.5) is 0 Å². The van der Waals surface area contributed by atoms with Crippen LogP contribution in [0.2, 0.25) is 0 Å². The number of pyridine rings is 1. The molecular weight excluding hydrogens is 316 g/mol. The number of hydrogen-bond acceptors (Lipinski definition) is 5. The van der Waals surface area contributed by atoms with Gasteiger partial charge < -0.3 is 9.47 Å². The van der Waals surface area contributed by atoms with Crippen LogP contribution in [0.15, 0.2) is 41.4 Å². The first kappa shape index (κ1) is 15.0. The monoisotopic (exact) mass is 334 g/mol. The zero-order valence-electron chi connectivity index (χ0n) is 12.6. The summed E-state index contributed by atoms with van der Waals surface area (Å²) in [5.41, 5.74) is 0.0155. The summed E-state index contributed by atoms with van der Waals surface area (Å²) in [6.45, 7) is 2.14. The van der Waals surface area contributed by atoms with Crippen molar-refractivity contribution in [3.05, 3.63) is 36.5 Å². The minimum absolute atomic E-state index is 0.256. The van der Waals surface area contributed by atoms with Crippen LogP contribution < -0.4 is 0 Å². The molecule has 0 unspecified atom stereocenters. The molecule has 2 saturated heterocycles. The lowest BCUT2D eigenvalue weighted by atomic mass is 10.0. The normalized spacial score (nSPS) is 26.1. The first-order chi connectivity index (χ1) is 11.1. The molecule has 1 atom stereocenters. The lowest BCUT2D eigenvalue weighted by molar-refractivity contribution is -0.0897. The fourth-order valence-corrected chi connectivity index (χ4v) is 4.93. The Hall–Kier alpha value is -1.54. The number of benzene rings is 1. The van der Waals surface area contributed by atoms with E-state index in [0.717, 1.165) is 11.8 Å². The van der Waals surface area contributed by atoms with Crippen molar-refractivity contribution < 1.29 is 17.9 Å². The van der Waals surface area contributed by atoms with E-state index in [1.165, 1.54) is 4.31 Å². The van der Waals surface area contributed by atoms with Crippen LogP contribution >= 0.6 is 0 Å². The van der Waals surface area contributed by atoms with Gasteiger partial charge in [0.1, 0.15) is 10.5 Å². The summed E-state index contributed by atoms with van der Waals surface area (Å²) in [6, 6.07) is 8.92. The van der Waals surface area contributed by atoms with Gasteiger partial charge in [0.2, 0.25) is 10.0 Å². The van der Waals surface area contributed by atoms with Gasteiger partial charge in [0.15, 0.2) is 0 Å². The van der Waals surface area contributed by atoms with E-state index >= 15 is 0 Å². The second kappa shape index (κ2) is 5.52.